The van der Waals surface area contributed by atoms with E-state index >= 15 is 0 Å². The van der Waals surface area contributed by atoms with Crippen LogP contribution in [-0.4, -0.2) is 30.6 Å². The van der Waals surface area contributed by atoms with Crippen LogP contribution in [0.3, 0.4) is 0 Å². The number of rotatable bonds is 4. The van der Waals surface area contributed by atoms with Crippen LogP contribution in [0.15, 0.2) is 18.2 Å². The van der Waals surface area contributed by atoms with Crippen molar-refractivity contribution in [2.24, 2.45) is 5.92 Å². The minimum absolute atomic E-state index is 0.000634. The Labute approximate surface area is 134 Å². The lowest BCUT2D eigenvalue weighted by atomic mass is 9.97. The lowest BCUT2D eigenvalue weighted by molar-refractivity contribution is -0.160. The van der Waals surface area contributed by atoms with Crippen LogP contribution in [0.5, 0.6) is 5.75 Å². The van der Waals surface area contributed by atoms with Crippen LogP contribution in [-0.2, 0) is 20.7 Å². The largest absolute Gasteiger partial charge is 0.492 e. The Bertz CT molecular complexity index is 573. The number of ether oxygens (including phenoxy) is 2. The van der Waals surface area contributed by atoms with Gasteiger partial charge in [-0.2, -0.15) is 0 Å². The number of carbonyl (C=O) groups is 2. The number of esters is 1. The van der Waals surface area contributed by atoms with Gasteiger partial charge < -0.3 is 14.8 Å². The highest BCUT2D eigenvalue weighted by atomic mass is 35.5. The van der Waals surface area contributed by atoms with Gasteiger partial charge in [-0.15, -0.1) is 0 Å². The molecule has 6 heteroatoms. The molecule has 0 fully saturated rings. The molecule has 0 unspecified atom stereocenters. The lowest BCUT2D eigenvalue weighted by Crippen LogP contribution is -2.41. The van der Waals surface area contributed by atoms with E-state index in [-0.39, 0.29) is 18.6 Å². The molecule has 2 atom stereocenters. The van der Waals surface area contributed by atoms with Crippen molar-refractivity contribution in [2.75, 3.05) is 6.61 Å². The van der Waals surface area contributed by atoms with Crippen molar-refractivity contribution >= 4 is 23.5 Å². The summed E-state index contributed by atoms with van der Waals surface area (Å²) in [7, 11) is 0. The van der Waals surface area contributed by atoms with Gasteiger partial charge in [0.2, 0.25) is 0 Å². The van der Waals surface area contributed by atoms with Crippen molar-refractivity contribution in [2.45, 2.75) is 39.3 Å². The second kappa shape index (κ2) is 7.01. The predicted octanol–water partition coefficient (Wildman–Crippen LogP) is 2.35. The third kappa shape index (κ3) is 4.13. The summed E-state index contributed by atoms with van der Waals surface area (Å²) in [6.45, 7) is 5.50. The minimum Gasteiger partial charge on any atom is -0.492 e. The molecule has 0 aromatic heterocycles. The number of hydrogen-bond acceptors (Lipinski definition) is 4. The van der Waals surface area contributed by atoms with Crippen LogP contribution in [0.4, 0.5) is 0 Å². The highest BCUT2D eigenvalue weighted by molar-refractivity contribution is 6.30. The second-order valence-corrected chi connectivity index (χ2v) is 6.14. The molecule has 2 rings (SSSR count). The zero-order valence-corrected chi connectivity index (χ0v) is 13.6. The van der Waals surface area contributed by atoms with Crippen molar-refractivity contribution in [1.82, 2.24) is 5.32 Å². The van der Waals surface area contributed by atoms with E-state index in [1.165, 1.54) is 0 Å². The van der Waals surface area contributed by atoms with Crippen molar-refractivity contribution in [3.63, 3.8) is 0 Å². The molecule has 0 aliphatic carbocycles. The minimum atomic E-state index is -0.823. The van der Waals surface area contributed by atoms with E-state index < -0.39 is 18.0 Å². The summed E-state index contributed by atoms with van der Waals surface area (Å²) in [5.74, 6) is -0.431. The van der Waals surface area contributed by atoms with Gasteiger partial charge in [0.05, 0.1) is 5.92 Å². The van der Waals surface area contributed by atoms with E-state index in [1.54, 1.807) is 25.1 Å². The van der Waals surface area contributed by atoms with Gasteiger partial charge in [0.25, 0.3) is 5.91 Å². The van der Waals surface area contributed by atoms with E-state index in [0.29, 0.717) is 11.4 Å². The molecule has 120 valence electrons. The summed E-state index contributed by atoms with van der Waals surface area (Å²) in [5, 5.41) is 3.31. The normalized spacial score (nSPS) is 18.1. The van der Waals surface area contributed by atoms with E-state index in [4.69, 9.17) is 21.1 Å². The fraction of sp³-hybridized carbons (Fsp3) is 0.500. The lowest BCUT2D eigenvalue weighted by Gasteiger charge is -2.25. The van der Waals surface area contributed by atoms with Crippen molar-refractivity contribution in [1.29, 1.82) is 0 Å². The summed E-state index contributed by atoms with van der Waals surface area (Å²) >= 11 is 5.95. The second-order valence-electron chi connectivity index (χ2n) is 5.71. The number of amides is 1. The standard InChI is InChI=1S/C16H20ClNO4/c1-9(2)18-15(19)10(3)22-16(20)12-6-11-7-13(17)4-5-14(11)21-8-12/h4-5,7,9-10,12H,6,8H2,1-3H3,(H,18,19)/t10-,12+/m1/s1. The number of halogens is 1. The molecule has 1 aliphatic rings. The highest BCUT2D eigenvalue weighted by Gasteiger charge is 2.30. The number of benzene rings is 1. The van der Waals surface area contributed by atoms with Crippen molar-refractivity contribution in [3.8, 4) is 5.75 Å². The maximum Gasteiger partial charge on any atom is 0.313 e. The van der Waals surface area contributed by atoms with E-state index in [0.717, 1.165) is 11.3 Å². The molecular formula is C16H20ClNO4. The van der Waals surface area contributed by atoms with Crippen LogP contribution in [0.2, 0.25) is 5.02 Å². The molecular weight excluding hydrogens is 306 g/mol. The van der Waals surface area contributed by atoms with Gasteiger partial charge in [0.1, 0.15) is 12.4 Å². The molecule has 22 heavy (non-hydrogen) atoms. The maximum atomic E-state index is 12.2. The van der Waals surface area contributed by atoms with Gasteiger partial charge in [0.15, 0.2) is 6.10 Å². The monoisotopic (exact) mass is 325 g/mol. The topological polar surface area (TPSA) is 64.6 Å². The number of fused-ring (bicyclic) bond motifs is 1. The molecule has 1 aliphatic heterocycles. The van der Waals surface area contributed by atoms with Crippen LogP contribution >= 0.6 is 11.6 Å². The fourth-order valence-electron chi connectivity index (χ4n) is 2.24. The van der Waals surface area contributed by atoms with Crippen LogP contribution in [0.25, 0.3) is 0 Å². The SMILES string of the molecule is CC(C)NC(=O)[C@@H](C)OC(=O)[C@@H]1COc2ccc(Cl)cc2C1. The zero-order valence-electron chi connectivity index (χ0n) is 12.9. The van der Waals surface area contributed by atoms with Gasteiger partial charge in [-0.25, -0.2) is 0 Å². The molecule has 0 saturated carbocycles. The third-order valence-corrected chi connectivity index (χ3v) is 3.59. The average Bonchev–Trinajstić information content (AvgIpc) is 2.45. The summed E-state index contributed by atoms with van der Waals surface area (Å²) in [5.41, 5.74) is 0.875. The Balaban J connectivity index is 1.95. The van der Waals surface area contributed by atoms with Gasteiger partial charge in [0, 0.05) is 11.1 Å². The summed E-state index contributed by atoms with van der Waals surface area (Å²) in [6.07, 6.45) is -0.330. The molecule has 1 aromatic rings. The molecule has 5 nitrogen and oxygen atoms in total. The molecule has 0 spiro atoms. The van der Waals surface area contributed by atoms with Crippen molar-refractivity contribution < 1.29 is 19.1 Å². The smallest absolute Gasteiger partial charge is 0.313 e. The average molecular weight is 326 g/mol. The van der Waals surface area contributed by atoms with E-state index in [2.05, 4.69) is 5.32 Å². The highest BCUT2D eigenvalue weighted by Crippen LogP contribution is 2.30. The third-order valence-electron chi connectivity index (χ3n) is 3.36. The number of nitrogens with one attached hydrogen (secondary N) is 1. The van der Waals surface area contributed by atoms with Gasteiger partial charge in [-0.1, -0.05) is 11.6 Å². The van der Waals surface area contributed by atoms with Crippen LogP contribution < -0.4 is 10.1 Å². The van der Waals surface area contributed by atoms with Crippen LogP contribution in [0.1, 0.15) is 26.3 Å². The first-order chi connectivity index (χ1) is 10.4. The van der Waals surface area contributed by atoms with Crippen molar-refractivity contribution in [3.05, 3.63) is 28.8 Å². The van der Waals surface area contributed by atoms with Crippen LogP contribution in [0, 0.1) is 5.92 Å². The van der Waals surface area contributed by atoms with Gasteiger partial charge >= 0.3 is 5.97 Å². The number of carbonyl (C=O) groups excluding carboxylic acids is 2. The van der Waals surface area contributed by atoms with E-state index in [9.17, 15) is 9.59 Å². The predicted molar refractivity (Wildman–Crippen MR) is 83.0 cm³/mol. The van der Waals surface area contributed by atoms with Gasteiger partial charge in [-0.3, -0.25) is 9.59 Å². The molecule has 0 radical (unpaired) electrons. The molecule has 0 saturated heterocycles. The zero-order chi connectivity index (χ0) is 16.3. The Kier molecular flexibility index (Phi) is 5.29. The molecule has 1 heterocycles. The first-order valence-corrected chi connectivity index (χ1v) is 7.66. The molecule has 0 bridgehead atoms. The van der Waals surface area contributed by atoms with E-state index in [1.807, 2.05) is 13.8 Å². The Morgan fingerprint density at radius 2 is 2.09 bits per heavy atom. The summed E-state index contributed by atoms with van der Waals surface area (Å²) < 4.78 is 10.8. The first-order valence-electron chi connectivity index (χ1n) is 7.29. The quantitative estimate of drug-likeness (QED) is 0.863. The Morgan fingerprint density at radius 1 is 1.36 bits per heavy atom. The Morgan fingerprint density at radius 3 is 2.77 bits per heavy atom. The maximum absolute atomic E-state index is 12.2. The molecule has 1 aromatic carbocycles. The fourth-order valence-corrected chi connectivity index (χ4v) is 2.44. The molecule has 1 N–H and O–H groups in total. The Hall–Kier alpha value is -1.75. The molecule has 1 amide bonds. The summed E-state index contributed by atoms with van der Waals surface area (Å²) in [6, 6.07) is 5.32. The summed E-state index contributed by atoms with van der Waals surface area (Å²) in [4.78, 5) is 24.0. The first kappa shape index (κ1) is 16.6. The number of hydrogen-bond donors (Lipinski definition) is 1. The van der Waals surface area contributed by atoms with Gasteiger partial charge in [-0.05, 0) is 51.0 Å².